The summed E-state index contributed by atoms with van der Waals surface area (Å²) in [6.45, 7) is 2.06. The van der Waals surface area contributed by atoms with Gasteiger partial charge in [0.15, 0.2) is 14.5 Å². The maximum atomic E-state index is 12.1. The summed E-state index contributed by atoms with van der Waals surface area (Å²) < 4.78 is 1.50. The Labute approximate surface area is 159 Å². The Morgan fingerprint density at radius 3 is 2.44 bits per heavy atom. The van der Waals surface area contributed by atoms with Gasteiger partial charge in [-0.25, -0.2) is 0 Å². The van der Waals surface area contributed by atoms with Crippen LogP contribution in [0.4, 0.5) is 0 Å². The predicted molar refractivity (Wildman–Crippen MR) is 102 cm³/mol. The summed E-state index contributed by atoms with van der Waals surface area (Å²) in [7, 11) is 0. The van der Waals surface area contributed by atoms with Crippen molar-refractivity contribution in [3.63, 3.8) is 0 Å². The van der Waals surface area contributed by atoms with Crippen LogP contribution < -0.4 is 5.32 Å². The molecule has 0 saturated heterocycles. The molecule has 5 nitrogen and oxygen atoms in total. The number of nitrogens with one attached hydrogen (secondary N) is 1. The number of benzene rings is 1. The molecule has 1 aromatic carbocycles. The molecule has 1 aliphatic rings. The highest BCUT2D eigenvalue weighted by molar-refractivity contribution is 8.03. The average Bonchev–Trinajstić information content (AvgIpc) is 3.38. The molecule has 0 radical (unpaired) electrons. The van der Waals surface area contributed by atoms with Crippen molar-refractivity contribution in [1.29, 1.82) is 0 Å². The van der Waals surface area contributed by atoms with Crippen molar-refractivity contribution < 1.29 is 9.59 Å². The zero-order valence-corrected chi connectivity index (χ0v) is 16.3. The number of carbonyl (C=O) groups is 2. The first-order valence-corrected chi connectivity index (χ1v) is 10.9. The second kappa shape index (κ2) is 8.82. The topological polar surface area (TPSA) is 72.0 Å². The fraction of sp³-hybridized carbons (Fsp3) is 0.412. The van der Waals surface area contributed by atoms with Gasteiger partial charge >= 0.3 is 0 Å². The Morgan fingerprint density at radius 1 is 1.16 bits per heavy atom. The van der Waals surface area contributed by atoms with Gasteiger partial charge in [-0.15, -0.1) is 10.2 Å². The van der Waals surface area contributed by atoms with Gasteiger partial charge in [0, 0.05) is 11.6 Å². The number of hydrogen-bond donors (Lipinski definition) is 1. The van der Waals surface area contributed by atoms with Crippen molar-refractivity contribution in [1.82, 2.24) is 15.5 Å². The van der Waals surface area contributed by atoms with Crippen LogP contribution in [0.5, 0.6) is 0 Å². The quantitative estimate of drug-likeness (QED) is 0.519. The highest BCUT2D eigenvalue weighted by Crippen LogP contribution is 2.32. The van der Waals surface area contributed by atoms with Crippen molar-refractivity contribution in [2.24, 2.45) is 5.92 Å². The summed E-state index contributed by atoms with van der Waals surface area (Å²) in [5.41, 5.74) is 0.704. The second-order valence-corrected chi connectivity index (χ2v) is 9.32. The van der Waals surface area contributed by atoms with E-state index in [9.17, 15) is 9.59 Å². The van der Waals surface area contributed by atoms with Crippen LogP contribution >= 0.6 is 34.9 Å². The first kappa shape index (κ1) is 18.4. The van der Waals surface area contributed by atoms with Gasteiger partial charge in [-0.3, -0.25) is 9.59 Å². The number of thioether (sulfide) groups is 2. The largest absolute Gasteiger partial charge is 0.353 e. The van der Waals surface area contributed by atoms with E-state index in [1.165, 1.54) is 47.7 Å². The van der Waals surface area contributed by atoms with Crippen molar-refractivity contribution in [3.8, 4) is 0 Å². The first-order valence-electron chi connectivity index (χ1n) is 8.08. The van der Waals surface area contributed by atoms with E-state index in [0.29, 0.717) is 23.0 Å². The van der Waals surface area contributed by atoms with Gasteiger partial charge in [0.05, 0.1) is 11.5 Å². The summed E-state index contributed by atoms with van der Waals surface area (Å²) in [6, 6.07) is 9.48. The van der Waals surface area contributed by atoms with Crippen molar-refractivity contribution >= 4 is 46.6 Å². The van der Waals surface area contributed by atoms with E-state index in [1.807, 2.05) is 30.3 Å². The zero-order chi connectivity index (χ0) is 17.6. The van der Waals surface area contributed by atoms with Gasteiger partial charge in [-0.05, 0) is 25.7 Å². The predicted octanol–water partition coefficient (Wildman–Crippen LogP) is 3.52. The van der Waals surface area contributed by atoms with E-state index in [0.717, 1.165) is 8.68 Å². The van der Waals surface area contributed by atoms with Gasteiger partial charge in [-0.1, -0.05) is 65.2 Å². The number of aromatic nitrogens is 2. The molecule has 0 bridgehead atoms. The molecule has 1 aliphatic carbocycles. The van der Waals surface area contributed by atoms with Crippen molar-refractivity contribution in [2.75, 3.05) is 11.5 Å². The first-order chi connectivity index (χ1) is 12.1. The smallest absolute Gasteiger partial charge is 0.230 e. The molecule has 132 valence electrons. The van der Waals surface area contributed by atoms with Crippen LogP contribution in [0.3, 0.4) is 0 Å². The number of hydrogen-bond acceptors (Lipinski definition) is 7. The number of ketones is 1. The van der Waals surface area contributed by atoms with Gasteiger partial charge in [0.2, 0.25) is 5.91 Å². The Kier molecular flexibility index (Phi) is 6.50. The number of nitrogens with zero attached hydrogens (tertiary/aromatic N) is 2. The fourth-order valence-electron chi connectivity index (χ4n) is 2.29. The Bertz CT molecular complexity index is 732. The number of amides is 1. The van der Waals surface area contributed by atoms with E-state index in [1.54, 1.807) is 0 Å². The van der Waals surface area contributed by atoms with Gasteiger partial charge in [-0.2, -0.15) is 0 Å². The van der Waals surface area contributed by atoms with Crippen LogP contribution in [0.1, 0.15) is 30.1 Å². The molecule has 1 aromatic heterocycles. The Hall–Kier alpha value is -1.38. The lowest BCUT2D eigenvalue weighted by Crippen LogP contribution is -2.35. The fourth-order valence-corrected chi connectivity index (χ4v) is 5.01. The summed E-state index contributed by atoms with van der Waals surface area (Å²) in [4.78, 5) is 24.0. The molecule has 1 atom stereocenters. The standard InChI is InChI=1S/C17H19N3O2S3/c1-11(12-7-8-12)18-15(22)10-24-17-20-19-16(25-17)23-9-14(21)13-5-3-2-4-6-13/h2-6,11-12H,7-10H2,1H3,(H,18,22). The van der Waals surface area contributed by atoms with Crippen LogP contribution in [0, 0.1) is 5.92 Å². The molecule has 1 heterocycles. The maximum absolute atomic E-state index is 12.1. The Balaban J connectivity index is 1.41. The molecular formula is C17H19N3O2S3. The highest BCUT2D eigenvalue weighted by atomic mass is 32.2. The summed E-state index contributed by atoms with van der Waals surface area (Å²) in [5.74, 6) is 1.44. The molecule has 2 aromatic rings. The van der Waals surface area contributed by atoms with Gasteiger partial charge in [0.25, 0.3) is 0 Å². The minimum atomic E-state index is 0.0352. The lowest BCUT2D eigenvalue weighted by molar-refractivity contribution is -0.119. The molecule has 1 saturated carbocycles. The molecule has 1 N–H and O–H groups in total. The minimum Gasteiger partial charge on any atom is -0.353 e. The third kappa shape index (κ3) is 5.83. The van der Waals surface area contributed by atoms with Crippen molar-refractivity contribution in [2.45, 2.75) is 34.5 Å². The van der Waals surface area contributed by atoms with Crippen LogP contribution in [0.2, 0.25) is 0 Å². The monoisotopic (exact) mass is 393 g/mol. The van der Waals surface area contributed by atoms with Crippen molar-refractivity contribution in [3.05, 3.63) is 35.9 Å². The number of rotatable bonds is 9. The van der Waals surface area contributed by atoms with Crippen LogP contribution in [-0.4, -0.2) is 39.4 Å². The lowest BCUT2D eigenvalue weighted by Gasteiger charge is -2.11. The molecule has 8 heteroatoms. The molecule has 0 aliphatic heterocycles. The third-order valence-corrected chi connectivity index (χ3v) is 7.04. The van der Waals surface area contributed by atoms with E-state index in [2.05, 4.69) is 22.4 Å². The van der Waals surface area contributed by atoms with Gasteiger partial charge in [0.1, 0.15) is 0 Å². The van der Waals surface area contributed by atoms with Crippen LogP contribution in [0.15, 0.2) is 39.0 Å². The van der Waals surface area contributed by atoms with E-state index >= 15 is 0 Å². The number of Topliss-reactive ketones (excluding diaryl/α,β-unsaturated/α-hetero) is 1. The lowest BCUT2D eigenvalue weighted by atomic mass is 10.2. The van der Waals surface area contributed by atoms with E-state index < -0.39 is 0 Å². The minimum absolute atomic E-state index is 0.0352. The zero-order valence-electron chi connectivity index (χ0n) is 13.8. The van der Waals surface area contributed by atoms with E-state index in [-0.39, 0.29) is 17.7 Å². The molecule has 1 unspecified atom stereocenters. The van der Waals surface area contributed by atoms with Gasteiger partial charge < -0.3 is 5.32 Å². The number of carbonyl (C=O) groups excluding carboxylic acids is 2. The molecule has 0 spiro atoms. The normalized spacial score (nSPS) is 14.9. The molecule has 3 rings (SSSR count). The summed E-state index contributed by atoms with van der Waals surface area (Å²) in [5, 5.41) is 11.2. The highest BCUT2D eigenvalue weighted by Gasteiger charge is 2.28. The van der Waals surface area contributed by atoms with E-state index in [4.69, 9.17) is 0 Å². The summed E-state index contributed by atoms with van der Waals surface area (Å²) >= 11 is 4.19. The van der Waals surface area contributed by atoms with Crippen LogP contribution in [0.25, 0.3) is 0 Å². The average molecular weight is 394 g/mol. The molecule has 25 heavy (non-hydrogen) atoms. The molecular weight excluding hydrogens is 374 g/mol. The van der Waals surface area contributed by atoms with Crippen LogP contribution in [-0.2, 0) is 4.79 Å². The Morgan fingerprint density at radius 2 is 1.80 bits per heavy atom. The second-order valence-electron chi connectivity index (χ2n) is 5.89. The maximum Gasteiger partial charge on any atom is 0.230 e. The SMILES string of the molecule is CC(NC(=O)CSc1nnc(SCC(=O)c2ccccc2)s1)C1CC1. The molecule has 1 fully saturated rings. The molecule has 1 amide bonds. The third-order valence-electron chi connectivity index (χ3n) is 3.85. The summed E-state index contributed by atoms with van der Waals surface area (Å²) in [6.07, 6.45) is 2.43.